The Morgan fingerprint density at radius 2 is 1.60 bits per heavy atom. The molecule has 13 atom stereocenters. The lowest BCUT2D eigenvalue weighted by Gasteiger charge is -2.41. The highest BCUT2D eigenvalue weighted by molar-refractivity contribution is 7.09. The summed E-state index contributed by atoms with van der Waals surface area (Å²) in [5, 5.41) is 61.6. The number of carbonyl (C=O) groups is 8. The number of anilines is 1. The molecule has 0 unspecified atom stereocenters. The van der Waals surface area contributed by atoms with E-state index in [4.69, 9.17) is 39.3 Å². The summed E-state index contributed by atoms with van der Waals surface area (Å²) in [6, 6.07) is 11.4. The number of methoxy groups -OCH3 is 2. The van der Waals surface area contributed by atoms with Crippen molar-refractivity contribution in [2.24, 2.45) is 23.5 Å². The predicted molar refractivity (Wildman–Crippen MR) is 310 cm³/mol. The summed E-state index contributed by atoms with van der Waals surface area (Å²) in [6.07, 6.45) is -8.09. The lowest BCUT2D eigenvalue weighted by atomic mass is 9.89. The topological polar surface area (TPSA) is 377 Å². The van der Waals surface area contributed by atoms with Crippen molar-refractivity contribution in [1.29, 1.82) is 0 Å². The van der Waals surface area contributed by atoms with Gasteiger partial charge in [-0.25, -0.2) is 14.6 Å². The average molecular weight is 1220 g/mol. The molecule has 2 fully saturated rings. The van der Waals surface area contributed by atoms with Crippen LogP contribution in [0.5, 0.6) is 5.75 Å². The van der Waals surface area contributed by atoms with Crippen molar-refractivity contribution in [3.8, 4) is 5.75 Å². The van der Waals surface area contributed by atoms with Crippen LogP contribution in [0.15, 0.2) is 60.1 Å². The predicted octanol–water partition coefficient (Wildman–Crippen LogP) is 2.96. The molecule has 2 aliphatic heterocycles. The van der Waals surface area contributed by atoms with Crippen LogP contribution in [0.25, 0.3) is 0 Å². The van der Waals surface area contributed by atoms with Crippen LogP contribution >= 0.6 is 11.3 Å². The van der Waals surface area contributed by atoms with E-state index in [0.29, 0.717) is 32.2 Å². The number of carboxylic acids is 2. The van der Waals surface area contributed by atoms with E-state index >= 15 is 0 Å². The van der Waals surface area contributed by atoms with Crippen LogP contribution in [0, 0.1) is 17.8 Å². The van der Waals surface area contributed by atoms with Crippen LogP contribution < -0.4 is 31.7 Å². The maximum absolute atomic E-state index is 14.7. The number of aliphatic carboxylic acids is 2. The minimum absolute atomic E-state index is 0.0188. The van der Waals surface area contributed by atoms with E-state index < -0.39 is 121 Å². The molecule has 1 aromatic heterocycles. The van der Waals surface area contributed by atoms with Crippen molar-refractivity contribution in [1.82, 2.24) is 30.7 Å². The number of carboxylic acid groups (broad SMARTS) is 2. The molecule has 2 aromatic carbocycles. The molecule has 0 saturated carbocycles. The largest absolute Gasteiger partial charge is 0.481 e. The van der Waals surface area contributed by atoms with E-state index in [0.717, 1.165) is 17.5 Å². The van der Waals surface area contributed by atoms with Gasteiger partial charge >= 0.3 is 12.1 Å². The Balaban J connectivity index is 0.00000375. The standard InChI is InChI=1S/C56H82N8O16S.C2H4O2/c1-11-31(4)43(39(76-9)28-41(66)64-24-15-18-37(64)47(77-10)32(5)49(70)60-36(50-58-23-25-81-50)26-33-16-13-12-14-17-33)63(8)51(71)42(30(2)3)61-54(74)56(6,7)62-55(75)78-29-34-19-20-38(35(27-34)59-40(65)21-22-57)79-53-46(69)44(67)45(68)48(80-53)52(72)73;1-2(3)4/h12-14,16-17,19-20,23,25,27,30-32,36-37,39,42-48,53,67-69H,11,15,18,21-22,24,26,28-29,57H2,1-10H3,(H,59,65)(H,60,70)(H,61,74)(H,62,75)(H,72,73);1H3,(H,3,4)/t31-,32+,36-,37-,39+,42-,43-,44-,45-,46+,47+,48-,53+;/m0./s1. The van der Waals surface area contributed by atoms with Crippen LogP contribution in [-0.4, -0.2) is 189 Å². The highest BCUT2D eigenvalue weighted by Crippen LogP contribution is 2.33. The second kappa shape index (κ2) is 33.2. The van der Waals surface area contributed by atoms with Gasteiger partial charge in [0.15, 0.2) is 6.10 Å². The number of alkyl carbamates (subject to hydrolysis) is 1. The van der Waals surface area contributed by atoms with Gasteiger partial charge in [0.2, 0.25) is 35.8 Å². The number of hydrogen-bond donors (Lipinski definition) is 10. The van der Waals surface area contributed by atoms with Crippen molar-refractivity contribution in [3.63, 3.8) is 0 Å². The molecule has 6 amide bonds. The molecule has 5 rings (SSSR count). The van der Waals surface area contributed by atoms with Gasteiger partial charge in [-0.1, -0.05) is 77.4 Å². The third kappa shape index (κ3) is 19.9. The van der Waals surface area contributed by atoms with Crippen LogP contribution in [0.2, 0.25) is 0 Å². The van der Waals surface area contributed by atoms with Gasteiger partial charge in [0.1, 0.15) is 47.3 Å². The lowest BCUT2D eigenvalue weighted by molar-refractivity contribution is -0.271. The summed E-state index contributed by atoms with van der Waals surface area (Å²) in [6.45, 7) is 13.2. The molecule has 2 saturated heterocycles. The number of ether oxygens (including phenoxy) is 5. The Bertz CT molecular complexity index is 2680. The van der Waals surface area contributed by atoms with Crippen LogP contribution in [0.3, 0.4) is 0 Å². The number of rotatable bonds is 28. The number of likely N-dealkylation sites (tertiary alicyclic amines) is 1. The number of carbonyl (C=O) groups excluding carboxylic acids is 6. The zero-order chi connectivity index (χ0) is 63.5. The highest BCUT2D eigenvalue weighted by atomic mass is 32.1. The molecule has 0 radical (unpaired) electrons. The monoisotopic (exact) mass is 1210 g/mol. The van der Waals surface area contributed by atoms with E-state index in [1.54, 1.807) is 46.0 Å². The third-order valence-corrected chi connectivity index (χ3v) is 15.8. The van der Waals surface area contributed by atoms with Crippen molar-refractivity contribution in [2.75, 3.05) is 39.7 Å². The summed E-state index contributed by atoms with van der Waals surface area (Å²) < 4.78 is 28.5. The van der Waals surface area contributed by atoms with E-state index in [1.165, 1.54) is 55.4 Å². The molecule has 11 N–H and O–H groups in total. The van der Waals surface area contributed by atoms with E-state index in [1.807, 2.05) is 49.6 Å². The number of nitrogens with one attached hydrogen (secondary N) is 4. The van der Waals surface area contributed by atoms with Gasteiger partial charge in [-0.15, -0.1) is 11.3 Å². The number of amides is 6. The molecule has 3 heterocycles. The summed E-state index contributed by atoms with van der Waals surface area (Å²) in [7, 11) is 4.64. The fraction of sp³-hybridized carbons (Fsp3) is 0.603. The summed E-state index contributed by atoms with van der Waals surface area (Å²) >= 11 is 1.46. The molecule has 0 aliphatic carbocycles. The van der Waals surface area contributed by atoms with Crippen LogP contribution in [0.1, 0.15) is 110 Å². The quantitative estimate of drug-likeness (QED) is 0.0499. The van der Waals surface area contributed by atoms with E-state index in [-0.39, 0.29) is 60.2 Å². The van der Waals surface area contributed by atoms with Gasteiger partial charge in [0, 0.05) is 59.3 Å². The summed E-state index contributed by atoms with van der Waals surface area (Å²) in [5.74, 6) is -6.08. The number of benzene rings is 2. The van der Waals surface area contributed by atoms with Crippen LogP contribution in [0.4, 0.5) is 10.5 Å². The van der Waals surface area contributed by atoms with Gasteiger partial charge in [0.25, 0.3) is 5.97 Å². The van der Waals surface area contributed by atoms with Crippen molar-refractivity contribution >= 4 is 64.6 Å². The maximum Gasteiger partial charge on any atom is 0.408 e. The van der Waals surface area contributed by atoms with Crippen molar-refractivity contribution in [3.05, 3.63) is 76.2 Å². The molecule has 0 spiro atoms. The molecular weight excluding hydrogens is 1130 g/mol. The first-order chi connectivity index (χ1) is 40.1. The second-order valence-electron chi connectivity index (χ2n) is 22.0. The fourth-order valence-electron chi connectivity index (χ4n) is 10.1. The first-order valence-corrected chi connectivity index (χ1v) is 29.0. The molecular formula is C58H86N8O18S. The summed E-state index contributed by atoms with van der Waals surface area (Å²) in [4.78, 5) is 112. The van der Waals surface area contributed by atoms with Crippen molar-refractivity contribution < 1.29 is 87.6 Å². The minimum atomic E-state index is -1.97. The zero-order valence-corrected chi connectivity index (χ0v) is 50.9. The number of aliphatic hydroxyl groups is 3. The number of aromatic nitrogens is 1. The zero-order valence-electron chi connectivity index (χ0n) is 50.1. The lowest BCUT2D eigenvalue weighted by Crippen LogP contribution is -2.62. The number of thiazole rings is 1. The van der Waals surface area contributed by atoms with Gasteiger partial charge in [-0.3, -0.25) is 28.8 Å². The van der Waals surface area contributed by atoms with Gasteiger partial charge in [-0.05, 0) is 68.2 Å². The third-order valence-electron chi connectivity index (χ3n) is 14.9. The second-order valence-corrected chi connectivity index (χ2v) is 22.9. The Morgan fingerprint density at radius 1 is 0.929 bits per heavy atom. The first-order valence-electron chi connectivity index (χ1n) is 28.1. The molecule has 26 nitrogen and oxygen atoms in total. The average Bonchev–Trinajstić information content (AvgIpc) is 4.17. The van der Waals surface area contributed by atoms with E-state index in [2.05, 4.69) is 26.3 Å². The highest BCUT2D eigenvalue weighted by Gasteiger charge is 2.49. The summed E-state index contributed by atoms with van der Waals surface area (Å²) in [5.41, 5.74) is 5.20. The molecule has 472 valence electrons. The number of aliphatic hydroxyl groups excluding tert-OH is 3. The fourth-order valence-corrected chi connectivity index (χ4v) is 10.8. The molecule has 2 aliphatic rings. The smallest absolute Gasteiger partial charge is 0.408 e. The number of nitrogens with zero attached hydrogens (tertiary/aromatic N) is 3. The Kier molecular flexibility index (Phi) is 27.6. The van der Waals surface area contributed by atoms with Gasteiger partial charge in [0.05, 0.1) is 48.4 Å². The molecule has 85 heavy (non-hydrogen) atoms. The Morgan fingerprint density at radius 3 is 2.18 bits per heavy atom. The normalized spacial score (nSPS) is 21.1. The SMILES string of the molecule is CC(=O)O.CC[C@H](C)[C@@H]([C@@H](CC(=O)N1CCC[C@H]1[C@H](OC)[C@@H](C)C(=O)N[C@@H](Cc1ccccc1)c1nccs1)OC)N(C)C(=O)[C@@H](NC(=O)C(C)(C)NC(=O)OCc1ccc(O[C@@H]2O[C@H](C(=O)O)[C@@H](O)[C@H](O)[C@H]2O)c(NC(=O)CCN)c1)C(C)C. The Hall–Kier alpha value is -6.85. The molecule has 3 aromatic rings. The number of nitrogens with two attached hydrogens (primary N) is 1. The number of hydrogen-bond acceptors (Lipinski definition) is 19. The Labute approximate surface area is 499 Å². The van der Waals surface area contributed by atoms with Gasteiger partial charge in [-0.2, -0.15) is 0 Å². The first kappa shape index (κ1) is 70.6. The minimum Gasteiger partial charge on any atom is -0.481 e. The van der Waals surface area contributed by atoms with Gasteiger partial charge < -0.3 is 86.0 Å². The molecule has 0 bridgehead atoms. The maximum atomic E-state index is 14.7. The van der Waals surface area contributed by atoms with E-state index in [9.17, 15) is 54.0 Å². The molecule has 27 heteroatoms. The number of likely N-dealkylation sites (N-methyl/N-ethyl adjacent to an activating group) is 1. The van der Waals surface area contributed by atoms with Crippen molar-refractivity contribution in [2.45, 2.75) is 173 Å². The van der Waals surface area contributed by atoms with Crippen LogP contribution in [-0.2, 0) is 65.5 Å².